The number of hydrogen-bond donors (Lipinski definition) is 1. The molecule has 4 heteroatoms. The van der Waals surface area contributed by atoms with Gasteiger partial charge in [-0.2, -0.15) is 0 Å². The number of carbonyl (C=O) groups excluding carboxylic acids is 1. The van der Waals surface area contributed by atoms with Gasteiger partial charge in [-0.3, -0.25) is 4.79 Å². The second kappa shape index (κ2) is 6.55. The van der Waals surface area contributed by atoms with E-state index in [9.17, 15) is 4.79 Å². The quantitative estimate of drug-likeness (QED) is 0.813. The molecule has 0 fully saturated rings. The molecule has 1 aromatic heterocycles. The van der Waals surface area contributed by atoms with Gasteiger partial charge in [0.15, 0.2) is 0 Å². The van der Waals surface area contributed by atoms with E-state index >= 15 is 0 Å². The molecule has 0 saturated heterocycles. The number of carbonyl (C=O) groups is 1. The van der Waals surface area contributed by atoms with E-state index in [2.05, 4.69) is 35.1 Å². The highest BCUT2D eigenvalue weighted by Crippen LogP contribution is 2.27. The highest BCUT2D eigenvalue weighted by Gasteiger charge is 2.13. The summed E-state index contributed by atoms with van der Waals surface area (Å²) < 4.78 is 1.08. The third-order valence-electron chi connectivity index (χ3n) is 3.21. The van der Waals surface area contributed by atoms with Crippen LogP contribution in [-0.4, -0.2) is 5.91 Å². The molecule has 1 unspecified atom stereocenters. The average Bonchev–Trinajstić information content (AvgIpc) is 2.85. The molecular formula is C16H18BrNOS. The molecule has 1 atom stereocenters. The molecule has 0 aliphatic rings. The number of amides is 1. The van der Waals surface area contributed by atoms with E-state index in [4.69, 9.17) is 0 Å². The summed E-state index contributed by atoms with van der Waals surface area (Å²) in [6, 6.07) is 11.9. The van der Waals surface area contributed by atoms with Crippen molar-refractivity contribution < 1.29 is 4.79 Å². The van der Waals surface area contributed by atoms with Crippen LogP contribution in [0.4, 0.5) is 0 Å². The smallest absolute Gasteiger partial charge is 0.251 e. The summed E-state index contributed by atoms with van der Waals surface area (Å²) >= 11 is 5.08. The van der Waals surface area contributed by atoms with E-state index < -0.39 is 0 Å². The van der Waals surface area contributed by atoms with Gasteiger partial charge >= 0.3 is 0 Å². The maximum Gasteiger partial charge on any atom is 0.251 e. The fourth-order valence-corrected chi connectivity index (χ4v) is 3.36. The lowest BCUT2D eigenvalue weighted by atomic mass is 10.0. The van der Waals surface area contributed by atoms with Crippen molar-refractivity contribution in [3.8, 4) is 0 Å². The minimum absolute atomic E-state index is 0.0172. The summed E-state index contributed by atoms with van der Waals surface area (Å²) in [5.74, 6) is 0.451. The molecule has 2 rings (SSSR count). The summed E-state index contributed by atoms with van der Waals surface area (Å²) in [5.41, 5.74) is 1.95. The lowest BCUT2D eigenvalue weighted by Gasteiger charge is -2.13. The lowest BCUT2D eigenvalue weighted by Crippen LogP contribution is -2.26. The monoisotopic (exact) mass is 351 g/mol. The maximum absolute atomic E-state index is 12.2. The van der Waals surface area contributed by atoms with Gasteiger partial charge in [0.1, 0.15) is 0 Å². The molecule has 0 aliphatic carbocycles. The molecule has 20 heavy (non-hydrogen) atoms. The van der Waals surface area contributed by atoms with Gasteiger partial charge in [-0.25, -0.2) is 0 Å². The van der Waals surface area contributed by atoms with E-state index in [-0.39, 0.29) is 11.9 Å². The first-order valence-electron chi connectivity index (χ1n) is 6.63. The van der Waals surface area contributed by atoms with Crippen molar-refractivity contribution in [2.24, 2.45) is 0 Å². The van der Waals surface area contributed by atoms with Crippen LogP contribution in [-0.2, 0) is 0 Å². The van der Waals surface area contributed by atoms with Crippen LogP contribution in [0, 0.1) is 0 Å². The van der Waals surface area contributed by atoms with Gasteiger partial charge in [-0.15, -0.1) is 11.3 Å². The SMILES string of the molecule is CC(C)c1ccc(C(=O)NC(C)c2ccc(Br)s2)cc1. The van der Waals surface area contributed by atoms with Crippen LogP contribution in [0.25, 0.3) is 0 Å². The Morgan fingerprint density at radius 1 is 1.10 bits per heavy atom. The molecule has 0 spiro atoms. The highest BCUT2D eigenvalue weighted by molar-refractivity contribution is 9.11. The van der Waals surface area contributed by atoms with E-state index in [0.717, 1.165) is 8.66 Å². The number of thiophene rings is 1. The molecule has 2 nitrogen and oxygen atoms in total. The number of nitrogens with one attached hydrogen (secondary N) is 1. The summed E-state index contributed by atoms with van der Waals surface area (Å²) in [5, 5.41) is 3.03. The molecule has 1 aromatic carbocycles. The number of halogens is 1. The Kier molecular flexibility index (Phi) is 5.00. The Bertz CT molecular complexity index is 589. The summed E-state index contributed by atoms with van der Waals surface area (Å²) in [7, 11) is 0. The van der Waals surface area contributed by atoms with Crippen LogP contribution in [0.2, 0.25) is 0 Å². The number of benzene rings is 1. The zero-order valence-electron chi connectivity index (χ0n) is 11.8. The zero-order valence-corrected chi connectivity index (χ0v) is 14.2. The Balaban J connectivity index is 2.04. The van der Waals surface area contributed by atoms with Crippen LogP contribution in [0.15, 0.2) is 40.2 Å². The Morgan fingerprint density at radius 3 is 2.25 bits per heavy atom. The fraction of sp³-hybridized carbons (Fsp3) is 0.312. The average molecular weight is 352 g/mol. The van der Waals surface area contributed by atoms with Crippen molar-refractivity contribution in [3.63, 3.8) is 0 Å². The van der Waals surface area contributed by atoms with Crippen molar-refractivity contribution in [1.29, 1.82) is 0 Å². The predicted molar refractivity (Wildman–Crippen MR) is 88.4 cm³/mol. The molecule has 0 aliphatic heterocycles. The van der Waals surface area contributed by atoms with Crippen molar-refractivity contribution in [2.45, 2.75) is 32.7 Å². The largest absolute Gasteiger partial charge is 0.345 e. The van der Waals surface area contributed by atoms with E-state index in [1.54, 1.807) is 11.3 Å². The first-order chi connectivity index (χ1) is 9.47. The first kappa shape index (κ1) is 15.3. The summed E-state index contributed by atoms with van der Waals surface area (Å²) in [6.45, 7) is 6.29. The molecular weight excluding hydrogens is 334 g/mol. The van der Waals surface area contributed by atoms with Crippen molar-refractivity contribution >= 4 is 33.2 Å². The number of rotatable bonds is 4. The third kappa shape index (κ3) is 3.70. The molecule has 1 amide bonds. The van der Waals surface area contributed by atoms with Gasteiger partial charge in [0.2, 0.25) is 0 Å². The van der Waals surface area contributed by atoms with E-state index in [1.807, 2.05) is 43.3 Å². The highest BCUT2D eigenvalue weighted by atomic mass is 79.9. The molecule has 0 saturated carbocycles. The van der Waals surface area contributed by atoms with Crippen molar-refractivity contribution in [3.05, 3.63) is 56.2 Å². The maximum atomic E-state index is 12.2. The van der Waals surface area contributed by atoms with Crippen LogP contribution in [0.1, 0.15) is 53.5 Å². The molecule has 0 radical (unpaired) electrons. The van der Waals surface area contributed by atoms with Crippen LogP contribution in [0.3, 0.4) is 0 Å². The van der Waals surface area contributed by atoms with E-state index in [0.29, 0.717) is 11.5 Å². The Hall–Kier alpha value is -1.13. The Morgan fingerprint density at radius 2 is 1.75 bits per heavy atom. The molecule has 2 aromatic rings. The van der Waals surface area contributed by atoms with Crippen LogP contribution in [0.5, 0.6) is 0 Å². The second-order valence-electron chi connectivity index (χ2n) is 5.11. The van der Waals surface area contributed by atoms with E-state index in [1.165, 1.54) is 5.56 Å². The molecule has 1 N–H and O–H groups in total. The summed E-state index contributed by atoms with van der Waals surface area (Å²) in [6.07, 6.45) is 0. The summed E-state index contributed by atoms with van der Waals surface area (Å²) in [4.78, 5) is 13.3. The minimum Gasteiger partial charge on any atom is -0.345 e. The molecule has 1 heterocycles. The predicted octanol–water partition coefficient (Wildman–Crippen LogP) is 5.13. The van der Waals surface area contributed by atoms with Crippen LogP contribution < -0.4 is 5.32 Å². The molecule has 0 bridgehead atoms. The van der Waals surface area contributed by atoms with Gasteiger partial charge in [0.25, 0.3) is 5.91 Å². The zero-order chi connectivity index (χ0) is 14.7. The number of hydrogen-bond acceptors (Lipinski definition) is 2. The minimum atomic E-state index is -0.0303. The van der Waals surface area contributed by atoms with Crippen molar-refractivity contribution in [2.75, 3.05) is 0 Å². The van der Waals surface area contributed by atoms with Crippen LogP contribution >= 0.6 is 27.3 Å². The topological polar surface area (TPSA) is 29.1 Å². The van der Waals surface area contributed by atoms with Gasteiger partial charge in [-0.05, 0) is 58.6 Å². The van der Waals surface area contributed by atoms with Gasteiger partial charge in [0.05, 0.1) is 9.83 Å². The van der Waals surface area contributed by atoms with Crippen molar-refractivity contribution in [1.82, 2.24) is 5.32 Å². The second-order valence-corrected chi connectivity index (χ2v) is 7.61. The lowest BCUT2D eigenvalue weighted by molar-refractivity contribution is 0.0940. The van der Waals surface area contributed by atoms with Gasteiger partial charge in [-0.1, -0.05) is 26.0 Å². The van der Waals surface area contributed by atoms with Gasteiger partial charge in [0, 0.05) is 10.4 Å². The normalized spacial score (nSPS) is 12.4. The standard InChI is InChI=1S/C16H18BrNOS/c1-10(2)12-4-6-13(7-5-12)16(19)18-11(3)14-8-9-15(17)20-14/h4-11H,1-3H3,(H,18,19). The molecule has 106 valence electrons. The third-order valence-corrected chi connectivity index (χ3v) is 5.01. The fourth-order valence-electron chi connectivity index (χ4n) is 1.93. The Labute approximate surface area is 132 Å². The first-order valence-corrected chi connectivity index (χ1v) is 8.24. The van der Waals surface area contributed by atoms with Gasteiger partial charge < -0.3 is 5.32 Å².